The highest BCUT2D eigenvalue weighted by Crippen LogP contribution is 2.19. The summed E-state index contributed by atoms with van der Waals surface area (Å²) in [6.07, 6.45) is 2.08. The van der Waals surface area contributed by atoms with Gasteiger partial charge in [0.2, 0.25) is 0 Å². The van der Waals surface area contributed by atoms with Gasteiger partial charge in [-0.25, -0.2) is 9.18 Å². The van der Waals surface area contributed by atoms with E-state index in [1.165, 1.54) is 6.07 Å². The quantitative estimate of drug-likeness (QED) is 0.849. The van der Waals surface area contributed by atoms with Gasteiger partial charge in [0.1, 0.15) is 5.82 Å². The van der Waals surface area contributed by atoms with Crippen LogP contribution in [0.5, 0.6) is 0 Å². The molecule has 0 aliphatic carbocycles. The second-order valence-corrected chi connectivity index (χ2v) is 6.65. The lowest BCUT2D eigenvalue weighted by molar-refractivity contribution is 0.0365. The van der Waals surface area contributed by atoms with Gasteiger partial charge in [-0.15, -0.1) is 0 Å². The van der Waals surface area contributed by atoms with Gasteiger partial charge >= 0.3 is 6.03 Å². The van der Waals surface area contributed by atoms with E-state index in [4.69, 9.17) is 4.74 Å². The molecule has 132 valence electrons. The third-order valence-electron chi connectivity index (χ3n) is 4.91. The molecule has 2 heterocycles. The number of hydrogen-bond acceptors (Lipinski definition) is 3. The molecule has 0 N–H and O–H groups in total. The summed E-state index contributed by atoms with van der Waals surface area (Å²) in [5, 5.41) is 0. The Kier molecular flexibility index (Phi) is 5.68. The van der Waals surface area contributed by atoms with Gasteiger partial charge in [-0.05, 0) is 37.1 Å². The molecule has 0 radical (unpaired) electrons. The highest BCUT2D eigenvalue weighted by molar-refractivity contribution is 5.74. The number of morpholine rings is 1. The van der Waals surface area contributed by atoms with Crippen molar-refractivity contribution >= 4 is 6.03 Å². The number of benzene rings is 1. The number of amides is 2. The number of likely N-dealkylation sites (N-methyl/N-ethyl adjacent to an activating group) is 1. The van der Waals surface area contributed by atoms with Crippen LogP contribution in [0.2, 0.25) is 0 Å². The first-order chi connectivity index (χ1) is 11.6. The van der Waals surface area contributed by atoms with Crippen LogP contribution < -0.4 is 0 Å². The van der Waals surface area contributed by atoms with Gasteiger partial charge in [0.05, 0.1) is 13.2 Å². The number of carbonyl (C=O) groups excluding carboxylic acids is 1. The molecule has 0 spiro atoms. The SMILES string of the molecule is CN(C(=O)N1CCOCC1)C1CCCN(Cc2cccc(F)c2)C1. The molecule has 2 amide bonds. The van der Waals surface area contributed by atoms with Crippen LogP contribution in [0.4, 0.5) is 9.18 Å². The van der Waals surface area contributed by atoms with Crippen molar-refractivity contribution in [2.75, 3.05) is 46.4 Å². The average Bonchev–Trinajstić information content (AvgIpc) is 2.61. The minimum absolute atomic E-state index is 0.0934. The van der Waals surface area contributed by atoms with Crippen LogP contribution in [0, 0.1) is 5.82 Å². The summed E-state index contributed by atoms with van der Waals surface area (Å²) in [6, 6.07) is 7.07. The largest absolute Gasteiger partial charge is 0.378 e. The Labute approximate surface area is 143 Å². The molecule has 1 atom stereocenters. The third-order valence-corrected chi connectivity index (χ3v) is 4.91. The molecular formula is C18H26FN3O2. The van der Waals surface area contributed by atoms with Crippen LogP contribution >= 0.6 is 0 Å². The molecule has 0 aromatic heterocycles. The number of piperidine rings is 1. The topological polar surface area (TPSA) is 36.0 Å². The Balaban J connectivity index is 1.57. The summed E-state index contributed by atoms with van der Waals surface area (Å²) >= 11 is 0. The summed E-state index contributed by atoms with van der Waals surface area (Å²) in [7, 11) is 1.90. The Morgan fingerprint density at radius 3 is 2.88 bits per heavy atom. The van der Waals surface area contributed by atoms with Crippen LogP contribution in [-0.2, 0) is 11.3 Å². The fourth-order valence-electron chi connectivity index (χ4n) is 3.52. The summed E-state index contributed by atoms with van der Waals surface area (Å²) in [5.74, 6) is -0.194. The lowest BCUT2D eigenvalue weighted by atomic mass is 10.0. The molecule has 2 saturated heterocycles. The number of halogens is 1. The number of urea groups is 1. The lowest BCUT2D eigenvalue weighted by Gasteiger charge is -2.40. The fraction of sp³-hybridized carbons (Fsp3) is 0.611. The average molecular weight is 335 g/mol. The first-order valence-electron chi connectivity index (χ1n) is 8.70. The highest BCUT2D eigenvalue weighted by atomic mass is 19.1. The predicted octanol–water partition coefficient (Wildman–Crippen LogP) is 2.17. The molecule has 2 fully saturated rings. The molecule has 6 heteroatoms. The van der Waals surface area contributed by atoms with E-state index in [1.54, 1.807) is 12.1 Å². The van der Waals surface area contributed by atoms with E-state index in [1.807, 2.05) is 22.9 Å². The van der Waals surface area contributed by atoms with Crippen molar-refractivity contribution in [3.63, 3.8) is 0 Å². The second-order valence-electron chi connectivity index (χ2n) is 6.65. The zero-order valence-electron chi connectivity index (χ0n) is 14.3. The molecule has 5 nitrogen and oxygen atoms in total. The predicted molar refractivity (Wildman–Crippen MR) is 90.3 cm³/mol. The van der Waals surface area contributed by atoms with Crippen LogP contribution in [0.3, 0.4) is 0 Å². The van der Waals surface area contributed by atoms with Gasteiger partial charge in [0.15, 0.2) is 0 Å². The summed E-state index contributed by atoms with van der Waals surface area (Å²) in [4.78, 5) is 18.7. The number of hydrogen-bond donors (Lipinski definition) is 0. The minimum atomic E-state index is -0.194. The first kappa shape index (κ1) is 17.2. The van der Waals surface area contributed by atoms with Crippen molar-refractivity contribution in [3.8, 4) is 0 Å². The van der Waals surface area contributed by atoms with Gasteiger partial charge in [0, 0.05) is 39.3 Å². The molecule has 3 rings (SSSR count). The van der Waals surface area contributed by atoms with Crippen LogP contribution in [0.1, 0.15) is 18.4 Å². The Bertz CT molecular complexity index is 563. The van der Waals surface area contributed by atoms with Gasteiger partial charge in [-0.1, -0.05) is 12.1 Å². The molecule has 2 aliphatic rings. The molecular weight excluding hydrogens is 309 g/mol. The van der Waals surface area contributed by atoms with Crippen molar-refractivity contribution in [1.29, 1.82) is 0 Å². The minimum Gasteiger partial charge on any atom is -0.378 e. The zero-order chi connectivity index (χ0) is 16.9. The summed E-state index contributed by atoms with van der Waals surface area (Å²) in [5.41, 5.74) is 0.984. The van der Waals surface area contributed by atoms with E-state index < -0.39 is 0 Å². The first-order valence-corrected chi connectivity index (χ1v) is 8.70. The maximum atomic E-state index is 13.4. The van der Waals surface area contributed by atoms with E-state index in [-0.39, 0.29) is 17.9 Å². The van der Waals surface area contributed by atoms with Crippen molar-refractivity contribution in [3.05, 3.63) is 35.6 Å². The van der Waals surface area contributed by atoms with Crippen molar-refractivity contribution in [2.45, 2.75) is 25.4 Å². The molecule has 2 aliphatic heterocycles. The normalized spacial score (nSPS) is 22.4. The van der Waals surface area contributed by atoms with Gasteiger partial charge in [-0.3, -0.25) is 4.90 Å². The van der Waals surface area contributed by atoms with Gasteiger partial charge in [-0.2, -0.15) is 0 Å². The van der Waals surface area contributed by atoms with Crippen LogP contribution in [0.25, 0.3) is 0 Å². The number of ether oxygens (including phenoxy) is 1. The molecule has 24 heavy (non-hydrogen) atoms. The van der Waals surface area contributed by atoms with E-state index in [0.29, 0.717) is 26.3 Å². The molecule has 1 aromatic rings. The smallest absolute Gasteiger partial charge is 0.320 e. The van der Waals surface area contributed by atoms with Gasteiger partial charge < -0.3 is 14.5 Å². The lowest BCUT2D eigenvalue weighted by Crippen LogP contribution is -2.54. The molecule has 1 unspecified atom stereocenters. The summed E-state index contributed by atoms with van der Waals surface area (Å²) < 4.78 is 18.7. The molecule has 1 aromatic carbocycles. The fourth-order valence-corrected chi connectivity index (χ4v) is 3.52. The standard InChI is InChI=1S/C18H26FN3O2/c1-20(18(23)22-8-10-24-11-9-22)17-6-3-7-21(14-17)13-15-4-2-5-16(19)12-15/h2,4-5,12,17H,3,6-11,13-14H2,1H3. The monoisotopic (exact) mass is 335 g/mol. The Morgan fingerprint density at radius 2 is 2.12 bits per heavy atom. The highest BCUT2D eigenvalue weighted by Gasteiger charge is 2.29. The maximum Gasteiger partial charge on any atom is 0.320 e. The number of carbonyl (C=O) groups is 1. The van der Waals surface area contributed by atoms with Gasteiger partial charge in [0.25, 0.3) is 0 Å². The molecule has 0 saturated carbocycles. The number of rotatable bonds is 3. The van der Waals surface area contributed by atoms with Crippen LogP contribution in [-0.4, -0.2) is 73.2 Å². The Hall–Kier alpha value is -1.66. The van der Waals surface area contributed by atoms with E-state index in [9.17, 15) is 9.18 Å². The Morgan fingerprint density at radius 1 is 1.33 bits per heavy atom. The van der Waals surface area contributed by atoms with E-state index in [0.717, 1.165) is 38.0 Å². The van der Waals surface area contributed by atoms with Crippen LogP contribution in [0.15, 0.2) is 24.3 Å². The second kappa shape index (κ2) is 7.94. The van der Waals surface area contributed by atoms with E-state index in [2.05, 4.69) is 4.90 Å². The van der Waals surface area contributed by atoms with E-state index >= 15 is 0 Å². The van der Waals surface area contributed by atoms with Crippen molar-refractivity contribution in [2.24, 2.45) is 0 Å². The number of likely N-dealkylation sites (tertiary alicyclic amines) is 1. The van der Waals surface area contributed by atoms with Crippen molar-refractivity contribution < 1.29 is 13.9 Å². The summed E-state index contributed by atoms with van der Waals surface area (Å²) in [6.45, 7) is 5.14. The zero-order valence-corrected chi connectivity index (χ0v) is 14.3. The van der Waals surface area contributed by atoms with Crippen molar-refractivity contribution in [1.82, 2.24) is 14.7 Å². The molecule has 0 bridgehead atoms. The number of nitrogens with zero attached hydrogens (tertiary/aromatic N) is 3. The maximum absolute atomic E-state index is 13.4. The third kappa shape index (κ3) is 4.24.